The van der Waals surface area contributed by atoms with Crippen LogP contribution in [0.5, 0.6) is 0 Å². The molecule has 1 N–H and O–H groups in total. The topological polar surface area (TPSA) is 41.5 Å². The van der Waals surface area contributed by atoms with Crippen molar-refractivity contribution in [1.82, 2.24) is 5.43 Å². The molecule has 1 aliphatic rings. The lowest BCUT2D eigenvalue weighted by molar-refractivity contribution is -0.122. The number of hydrogen-bond acceptors (Lipinski definition) is 2. The average Bonchev–Trinajstić information content (AvgIpc) is 3.07. The smallest absolute Gasteiger partial charge is 0.243 e. The van der Waals surface area contributed by atoms with Gasteiger partial charge in [-0.05, 0) is 51.7 Å². The molecule has 1 aromatic carbocycles. The fraction of sp³-hybridized carbons (Fsp3) is 0.467. The van der Waals surface area contributed by atoms with Crippen molar-refractivity contribution in [3.8, 4) is 0 Å². The van der Waals surface area contributed by atoms with Crippen LogP contribution in [-0.2, 0) is 4.79 Å². The van der Waals surface area contributed by atoms with Crippen LogP contribution in [-0.4, -0.2) is 11.6 Å². The van der Waals surface area contributed by atoms with E-state index in [1.54, 1.807) is 0 Å². The molecule has 18 heavy (non-hydrogen) atoms. The predicted molar refractivity (Wildman–Crippen MR) is 73.7 cm³/mol. The van der Waals surface area contributed by atoms with E-state index in [-0.39, 0.29) is 11.8 Å². The fourth-order valence-corrected chi connectivity index (χ4v) is 2.38. The zero-order chi connectivity index (χ0) is 13.3. The first kappa shape index (κ1) is 12.8. The molecule has 1 aromatic rings. The van der Waals surface area contributed by atoms with Gasteiger partial charge < -0.3 is 0 Å². The summed E-state index contributed by atoms with van der Waals surface area (Å²) in [4.78, 5) is 11.5. The van der Waals surface area contributed by atoms with E-state index in [4.69, 9.17) is 0 Å². The van der Waals surface area contributed by atoms with Crippen LogP contribution in [0.15, 0.2) is 17.2 Å². The molecule has 0 spiro atoms. The molecule has 3 nitrogen and oxygen atoms in total. The van der Waals surface area contributed by atoms with Crippen molar-refractivity contribution in [3.63, 3.8) is 0 Å². The minimum absolute atomic E-state index is 0.0526. The van der Waals surface area contributed by atoms with Gasteiger partial charge in [0.1, 0.15) is 0 Å². The lowest BCUT2D eigenvalue weighted by Crippen LogP contribution is -2.21. The first-order valence-electron chi connectivity index (χ1n) is 6.41. The monoisotopic (exact) mass is 244 g/mol. The molecule has 0 aliphatic heterocycles. The van der Waals surface area contributed by atoms with Crippen molar-refractivity contribution >= 4 is 11.6 Å². The number of hydrazone groups is 1. The maximum Gasteiger partial charge on any atom is 0.243 e. The van der Waals surface area contributed by atoms with Crippen LogP contribution in [0.3, 0.4) is 0 Å². The minimum Gasteiger partial charge on any atom is -0.273 e. The number of rotatable bonds is 3. The third-order valence-electron chi connectivity index (χ3n) is 3.32. The van der Waals surface area contributed by atoms with Crippen molar-refractivity contribution in [3.05, 3.63) is 34.4 Å². The van der Waals surface area contributed by atoms with Crippen LogP contribution >= 0.6 is 0 Å². The van der Waals surface area contributed by atoms with Gasteiger partial charge in [-0.3, -0.25) is 4.79 Å². The second kappa shape index (κ2) is 4.92. The minimum atomic E-state index is 0.0526. The molecule has 1 aliphatic carbocycles. The van der Waals surface area contributed by atoms with Gasteiger partial charge in [-0.15, -0.1) is 0 Å². The molecule has 2 rings (SSSR count). The summed E-state index contributed by atoms with van der Waals surface area (Å²) >= 11 is 0. The number of hydrogen-bond donors (Lipinski definition) is 1. The van der Waals surface area contributed by atoms with Gasteiger partial charge in [0.05, 0.1) is 5.71 Å². The zero-order valence-electron chi connectivity index (χ0n) is 11.5. The third kappa shape index (κ3) is 2.78. The van der Waals surface area contributed by atoms with E-state index >= 15 is 0 Å². The summed E-state index contributed by atoms with van der Waals surface area (Å²) in [5.41, 5.74) is 8.33. The van der Waals surface area contributed by atoms with Gasteiger partial charge in [-0.1, -0.05) is 17.7 Å². The Bertz CT molecular complexity index is 490. The lowest BCUT2D eigenvalue weighted by Gasteiger charge is -2.11. The Morgan fingerprint density at radius 1 is 1.22 bits per heavy atom. The predicted octanol–water partition coefficient (Wildman–Crippen LogP) is 2.86. The Kier molecular flexibility index (Phi) is 3.50. The van der Waals surface area contributed by atoms with Gasteiger partial charge >= 0.3 is 0 Å². The maximum atomic E-state index is 11.5. The Morgan fingerprint density at radius 2 is 1.78 bits per heavy atom. The second-order valence-corrected chi connectivity index (χ2v) is 5.22. The second-order valence-electron chi connectivity index (χ2n) is 5.22. The highest BCUT2D eigenvalue weighted by molar-refractivity contribution is 6.01. The number of aryl methyl sites for hydroxylation is 3. The van der Waals surface area contributed by atoms with Gasteiger partial charge in [0, 0.05) is 11.5 Å². The molecule has 0 bridgehead atoms. The molecule has 1 amide bonds. The van der Waals surface area contributed by atoms with E-state index in [1.807, 2.05) is 6.92 Å². The molecular formula is C15H20N2O. The number of carbonyl (C=O) groups excluding carboxylic acids is 1. The van der Waals surface area contributed by atoms with E-state index in [0.717, 1.165) is 24.1 Å². The molecule has 3 heteroatoms. The first-order chi connectivity index (χ1) is 8.49. The maximum absolute atomic E-state index is 11.5. The van der Waals surface area contributed by atoms with Gasteiger partial charge in [-0.25, -0.2) is 5.43 Å². The van der Waals surface area contributed by atoms with E-state index < -0.39 is 0 Å². The zero-order valence-corrected chi connectivity index (χ0v) is 11.5. The number of amides is 1. The molecule has 0 atom stereocenters. The number of nitrogens with zero attached hydrogens (tertiary/aromatic N) is 1. The molecule has 0 heterocycles. The summed E-state index contributed by atoms with van der Waals surface area (Å²) in [6.45, 7) is 8.19. The van der Waals surface area contributed by atoms with Gasteiger partial charge in [0.2, 0.25) is 5.91 Å². The standard InChI is InChI=1S/C15H20N2O/c1-9-7-10(2)14(11(3)8-9)12(4)16-17-15(18)13-5-6-13/h7-8,13H,5-6H2,1-4H3,(H,17,18)/b16-12-. The van der Waals surface area contributed by atoms with E-state index in [9.17, 15) is 4.79 Å². The molecule has 96 valence electrons. The van der Waals surface area contributed by atoms with Crippen LogP contribution < -0.4 is 5.43 Å². The lowest BCUT2D eigenvalue weighted by atomic mass is 9.97. The Balaban J connectivity index is 2.19. The number of benzene rings is 1. The van der Waals surface area contributed by atoms with Gasteiger partial charge in [0.25, 0.3) is 0 Å². The summed E-state index contributed by atoms with van der Waals surface area (Å²) in [5, 5.41) is 4.22. The summed E-state index contributed by atoms with van der Waals surface area (Å²) in [6.07, 6.45) is 2.01. The van der Waals surface area contributed by atoms with Crippen molar-refractivity contribution < 1.29 is 4.79 Å². The van der Waals surface area contributed by atoms with Crippen molar-refractivity contribution in [2.24, 2.45) is 11.0 Å². The Labute approximate surface area is 108 Å². The van der Waals surface area contributed by atoms with Gasteiger partial charge in [-0.2, -0.15) is 5.10 Å². The average molecular weight is 244 g/mol. The molecule has 1 fully saturated rings. The molecule has 1 saturated carbocycles. The van der Waals surface area contributed by atoms with Crippen molar-refractivity contribution in [2.45, 2.75) is 40.5 Å². The highest BCUT2D eigenvalue weighted by Crippen LogP contribution is 2.28. The van der Waals surface area contributed by atoms with E-state index in [2.05, 4.69) is 43.4 Å². The molecular weight excluding hydrogens is 224 g/mol. The van der Waals surface area contributed by atoms with Crippen LogP contribution in [0.4, 0.5) is 0 Å². The van der Waals surface area contributed by atoms with E-state index in [1.165, 1.54) is 16.7 Å². The van der Waals surface area contributed by atoms with Gasteiger partial charge in [0.15, 0.2) is 0 Å². The largest absolute Gasteiger partial charge is 0.273 e. The van der Waals surface area contributed by atoms with Crippen LogP contribution in [0, 0.1) is 26.7 Å². The quantitative estimate of drug-likeness (QED) is 0.644. The third-order valence-corrected chi connectivity index (χ3v) is 3.32. The van der Waals surface area contributed by atoms with E-state index in [0.29, 0.717) is 0 Å². The molecule has 0 unspecified atom stereocenters. The van der Waals surface area contributed by atoms with Crippen molar-refractivity contribution in [2.75, 3.05) is 0 Å². The fourth-order valence-electron chi connectivity index (χ4n) is 2.38. The van der Waals surface area contributed by atoms with Crippen LogP contribution in [0.1, 0.15) is 42.0 Å². The molecule has 0 aromatic heterocycles. The Morgan fingerprint density at radius 3 is 2.28 bits per heavy atom. The highest BCUT2D eigenvalue weighted by Gasteiger charge is 2.29. The summed E-state index contributed by atoms with van der Waals surface area (Å²) in [5.74, 6) is 0.249. The summed E-state index contributed by atoms with van der Waals surface area (Å²) in [7, 11) is 0. The highest BCUT2D eigenvalue weighted by atomic mass is 16.2. The first-order valence-corrected chi connectivity index (χ1v) is 6.41. The normalized spacial score (nSPS) is 15.7. The number of carbonyl (C=O) groups is 1. The Hall–Kier alpha value is -1.64. The summed E-state index contributed by atoms with van der Waals surface area (Å²) in [6, 6.07) is 4.29. The van der Waals surface area contributed by atoms with Crippen LogP contribution in [0.25, 0.3) is 0 Å². The molecule has 0 saturated heterocycles. The number of nitrogens with one attached hydrogen (secondary N) is 1. The SMILES string of the molecule is C/C(=N/NC(=O)C1CC1)c1c(C)cc(C)cc1C. The van der Waals surface area contributed by atoms with Crippen molar-refractivity contribution in [1.29, 1.82) is 0 Å². The molecule has 0 radical (unpaired) electrons. The van der Waals surface area contributed by atoms with Crippen LogP contribution in [0.2, 0.25) is 0 Å². The summed E-state index contributed by atoms with van der Waals surface area (Å²) < 4.78 is 0.